The van der Waals surface area contributed by atoms with Crippen LogP contribution in [0.1, 0.15) is 19.8 Å². The summed E-state index contributed by atoms with van der Waals surface area (Å²) >= 11 is 0. The van der Waals surface area contributed by atoms with Crippen LogP contribution in [0, 0.1) is 0 Å². The average Bonchev–Trinajstić information content (AvgIpc) is 1.83. The Morgan fingerprint density at radius 3 is 2.33 bits per heavy atom. The molecule has 0 aliphatic heterocycles. The molecule has 0 aromatic heterocycles. The minimum absolute atomic E-state index is 0.00130. The lowest BCUT2D eigenvalue weighted by molar-refractivity contribution is -0.124. The van der Waals surface area contributed by atoms with Gasteiger partial charge in [0.15, 0.2) is 0 Å². The summed E-state index contributed by atoms with van der Waals surface area (Å²) in [6.07, 6.45) is 0.453. The number of hydrogen-bond donors (Lipinski definition) is 2. The molecule has 0 radical (unpaired) electrons. The van der Waals surface area contributed by atoms with E-state index in [2.05, 4.69) is 0 Å². The second-order valence-corrected chi connectivity index (χ2v) is 1.77. The van der Waals surface area contributed by atoms with Gasteiger partial charge < -0.3 is 4.79 Å². The Morgan fingerprint density at radius 1 is 1.44 bits per heavy atom. The van der Waals surface area contributed by atoms with Crippen molar-refractivity contribution in [3.8, 4) is 0 Å². The molecular weight excluding hydrogens is 120 g/mol. The molecule has 9 heavy (non-hydrogen) atoms. The van der Waals surface area contributed by atoms with Crippen LogP contribution in [0.3, 0.4) is 0 Å². The molecule has 0 unspecified atom stereocenters. The van der Waals surface area contributed by atoms with Gasteiger partial charge >= 0.3 is 0 Å². The largest absolute Gasteiger partial charge is 0.300 e. The summed E-state index contributed by atoms with van der Waals surface area (Å²) in [6.45, 7) is 1.43. The standard InChI is InChI=1S/C5H10N2O2/c1-4(8)2-3-5(9)7-6/h2-3,6H2,1H3,(H,7,9). The molecule has 0 rings (SSSR count). The summed E-state index contributed by atoms with van der Waals surface area (Å²) in [5.41, 5.74) is 1.93. The van der Waals surface area contributed by atoms with E-state index in [1.807, 2.05) is 5.43 Å². The van der Waals surface area contributed by atoms with Crippen LogP contribution in [0.25, 0.3) is 0 Å². The van der Waals surface area contributed by atoms with Crippen molar-refractivity contribution in [1.82, 2.24) is 5.43 Å². The Balaban J connectivity index is 3.28. The molecule has 0 aromatic rings. The maximum atomic E-state index is 10.3. The van der Waals surface area contributed by atoms with Crippen LogP contribution < -0.4 is 11.3 Å². The summed E-state index contributed by atoms with van der Waals surface area (Å²) in [6, 6.07) is 0. The highest BCUT2D eigenvalue weighted by atomic mass is 16.2. The van der Waals surface area contributed by atoms with E-state index in [0.29, 0.717) is 0 Å². The Hall–Kier alpha value is -0.900. The second kappa shape index (κ2) is 4.03. The van der Waals surface area contributed by atoms with Gasteiger partial charge in [0, 0.05) is 12.8 Å². The van der Waals surface area contributed by atoms with E-state index in [1.54, 1.807) is 0 Å². The van der Waals surface area contributed by atoms with E-state index < -0.39 is 0 Å². The fourth-order valence-corrected chi connectivity index (χ4v) is 0.362. The third-order valence-corrected chi connectivity index (χ3v) is 0.865. The van der Waals surface area contributed by atoms with Crippen molar-refractivity contribution in [3.05, 3.63) is 0 Å². The van der Waals surface area contributed by atoms with Gasteiger partial charge in [-0.2, -0.15) is 0 Å². The van der Waals surface area contributed by atoms with Crippen molar-refractivity contribution < 1.29 is 9.59 Å². The lowest BCUT2D eigenvalue weighted by atomic mass is 10.2. The lowest BCUT2D eigenvalue weighted by Crippen LogP contribution is -2.30. The molecule has 0 atom stereocenters. The molecule has 0 bridgehead atoms. The predicted molar refractivity (Wildman–Crippen MR) is 32.2 cm³/mol. The van der Waals surface area contributed by atoms with Gasteiger partial charge in [-0.05, 0) is 6.92 Å². The normalized spacial score (nSPS) is 8.67. The monoisotopic (exact) mass is 130 g/mol. The highest BCUT2D eigenvalue weighted by Gasteiger charge is 1.99. The molecule has 0 aliphatic rings. The molecule has 52 valence electrons. The second-order valence-electron chi connectivity index (χ2n) is 1.77. The van der Waals surface area contributed by atoms with Gasteiger partial charge in [0.1, 0.15) is 5.78 Å². The number of ketones is 1. The number of nitrogens with two attached hydrogens (primary N) is 1. The molecule has 4 heteroatoms. The molecule has 0 fully saturated rings. The van der Waals surface area contributed by atoms with Crippen LogP contribution in [-0.2, 0) is 9.59 Å². The first-order valence-electron chi connectivity index (χ1n) is 2.65. The maximum Gasteiger partial charge on any atom is 0.234 e. The van der Waals surface area contributed by atoms with Crippen LogP contribution >= 0.6 is 0 Å². The third-order valence-electron chi connectivity index (χ3n) is 0.865. The van der Waals surface area contributed by atoms with E-state index in [1.165, 1.54) is 6.92 Å². The number of carbonyl (C=O) groups excluding carboxylic acids is 2. The topological polar surface area (TPSA) is 72.2 Å². The van der Waals surface area contributed by atoms with Crippen LogP contribution in [0.2, 0.25) is 0 Å². The zero-order chi connectivity index (χ0) is 7.28. The summed E-state index contributed by atoms with van der Waals surface area (Å²) in [5.74, 6) is 4.45. The smallest absolute Gasteiger partial charge is 0.234 e. The SMILES string of the molecule is CC(=O)CCC(=O)NN. The van der Waals surface area contributed by atoms with Crippen molar-refractivity contribution in [1.29, 1.82) is 0 Å². The predicted octanol–water partition coefficient (Wildman–Crippen LogP) is -0.655. The van der Waals surface area contributed by atoms with Gasteiger partial charge in [0.25, 0.3) is 0 Å². The molecule has 1 amide bonds. The summed E-state index contributed by atoms with van der Waals surface area (Å²) in [7, 11) is 0. The number of hydrogen-bond acceptors (Lipinski definition) is 3. The van der Waals surface area contributed by atoms with Crippen LogP contribution in [0.4, 0.5) is 0 Å². The molecule has 0 saturated heterocycles. The van der Waals surface area contributed by atoms with E-state index in [9.17, 15) is 9.59 Å². The Kier molecular flexibility index (Phi) is 3.62. The van der Waals surface area contributed by atoms with Crippen LogP contribution in [-0.4, -0.2) is 11.7 Å². The first kappa shape index (κ1) is 8.10. The van der Waals surface area contributed by atoms with Gasteiger partial charge in [0.2, 0.25) is 5.91 Å². The van der Waals surface area contributed by atoms with Gasteiger partial charge in [-0.1, -0.05) is 0 Å². The average molecular weight is 130 g/mol. The minimum Gasteiger partial charge on any atom is -0.300 e. The fraction of sp³-hybridized carbons (Fsp3) is 0.600. The van der Waals surface area contributed by atoms with E-state index in [4.69, 9.17) is 5.84 Å². The van der Waals surface area contributed by atoms with Gasteiger partial charge in [-0.25, -0.2) is 5.84 Å². The molecule has 0 aromatic carbocycles. The molecular formula is C5H10N2O2. The number of rotatable bonds is 3. The van der Waals surface area contributed by atoms with E-state index in [0.717, 1.165) is 0 Å². The number of nitrogens with one attached hydrogen (secondary N) is 1. The van der Waals surface area contributed by atoms with Crippen LogP contribution in [0.5, 0.6) is 0 Å². The Bertz CT molecular complexity index is 122. The summed E-state index contributed by atoms with van der Waals surface area (Å²) in [4.78, 5) is 20.6. The summed E-state index contributed by atoms with van der Waals surface area (Å²) < 4.78 is 0. The molecule has 0 spiro atoms. The first-order chi connectivity index (χ1) is 4.16. The van der Waals surface area contributed by atoms with Crippen molar-refractivity contribution in [2.45, 2.75) is 19.8 Å². The fourth-order valence-electron chi connectivity index (χ4n) is 0.362. The lowest BCUT2D eigenvalue weighted by Gasteiger charge is -1.93. The van der Waals surface area contributed by atoms with E-state index in [-0.39, 0.29) is 24.5 Å². The summed E-state index contributed by atoms with van der Waals surface area (Å²) in [5, 5.41) is 0. The quantitative estimate of drug-likeness (QED) is 0.303. The maximum absolute atomic E-state index is 10.3. The number of amides is 1. The zero-order valence-corrected chi connectivity index (χ0v) is 5.31. The Labute approximate surface area is 53.4 Å². The zero-order valence-electron chi connectivity index (χ0n) is 5.31. The highest BCUT2D eigenvalue weighted by molar-refractivity contribution is 5.83. The van der Waals surface area contributed by atoms with Crippen molar-refractivity contribution in [3.63, 3.8) is 0 Å². The van der Waals surface area contributed by atoms with Gasteiger partial charge in [-0.3, -0.25) is 10.2 Å². The molecule has 0 saturated carbocycles. The van der Waals surface area contributed by atoms with E-state index >= 15 is 0 Å². The number of Topliss-reactive ketones (excluding diaryl/α,β-unsaturated/α-hetero) is 1. The number of hydrazine groups is 1. The van der Waals surface area contributed by atoms with Gasteiger partial charge in [0.05, 0.1) is 0 Å². The van der Waals surface area contributed by atoms with Crippen molar-refractivity contribution in [2.75, 3.05) is 0 Å². The minimum atomic E-state index is -0.301. The highest BCUT2D eigenvalue weighted by Crippen LogP contribution is 1.87. The van der Waals surface area contributed by atoms with Crippen molar-refractivity contribution in [2.24, 2.45) is 5.84 Å². The molecule has 0 heterocycles. The molecule has 0 aliphatic carbocycles. The van der Waals surface area contributed by atoms with Crippen molar-refractivity contribution >= 4 is 11.7 Å². The number of carbonyl (C=O) groups is 2. The van der Waals surface area contributed by atoms with Gasteiger partial charge in [-0.15, -0.1) is 0 Å². The Morgan fingerprint density at radius 2 is 2.00 bits per heavy atom. The third kappa shape index (κ3) is 4.96. The van der Waals surface area contributed by atoms with Crippen LogP contribution in [0.15, 0.2) is 0 Å². The molecule has 4 nitrogen and oxygen atoms in total. The first-order valence-corrected chi connectivity index (χ1v) is 2.65. The molecule has 3 N–H and O–H groups in total.